The van der Waals surface area contributed by atoms with Gasteiger partial charge in [0.25, 0.3) is 0 Å². The topological polar surface area (TPSA) is 21.3 Å². The molecule has 88 valence electrons. The molecule has 1 saturated carbocycles. The number of rotatable bonds is 5. The molecule has 1 aromatic carbocycles. The molecule has 0 aliphatic heterocycles. The van der Waals surface area contributed by atoms with E-state index in [1.807, 2.05) is 0 Å². The van der Waals surface area contributed by atoms with Gasteiger partial charge in [-0.2, -0.15) is 0 Å². The minimum Gasteiger partial charge on any atom is -0.496 e. The van der Waals surface area contributed by atoms with E-state index >= 15 is 0 Å². The molecule has 16 heavy (non-hydrogen) atoms. The van der Waals surface area contributed by atoms with Gasteiger partial charge in [-0.15, -0.1) is 0 Å². The van der Waals surface area contributed by atoms with Crippen molar-refractivity contribution in [2.24, 2.45) is 0 Å². The highest BCUT2D eigenvalue weighted by molar-refractivity contribution is 5.38. The maximum absolute atomic E-state index is 5.39. The van der Waals surface area contributed by atoms with Crippen molar-refractivity contribution in [1.29, 1.82) is 0 Å². The first kappa shape index (κ1) is 11.5. The molecule has 0 amide bonds. The lowest BCUT2D eigenvalue weighted by Crippen LogP contribution is -2.16. The van der Waals surface area contributed by atoms with Crippen LogP contribution in [0.2, 0.25) is 0 Å². The number of ether oxygens (including phenoxy) is 1. The van der Waals surface area contributed by atoms with E-state index in [9.17, 15) is 0 Å². The van der Waals surface area contributed by atoms with Crippen LogP contribution in [0.5, 0.6) is 5.75 Å². The molecule has 1 N–H and O–H groups in total. The van der Waals surface area contributed by atoms with Crippen LogP contribution in [0.15, 0.2) is 18.2 Å². The zero-order valence-electron chi connectivity index (χ0n) is 10.4. The number of hydrogen-bond acceptors (Lipinski definition) is 2. The second-order valence-electron chi connectivity index (χ2n) is 4.88. The summed E-state index contributed by atoms with van der Waals surface area (Å²) in [6.45, 7) is 5.37. The van der Waals surface area contributed by atoms with Gasteiger partial charge in [0.2, 0.25) is 0 Å². The Morgan fingerprint density at radius 3 is 2.69 bits per heavy atom. The van der Waals surface area contributed by atoms with E-state index in [0.29, 0.717) is 5.92 Å². The molecule has 0 radical (unpaired) electrons. The second kappa shape index (κ2) is 4.88. The minimum atomic E-state index is 0.575. The van der Waals surface area contributed by atoms with Crippen LogP contribution in [0.3, 0.4) is 0 Å². The van der Waals surface area contributed by atoms with E-state index in [1.165, 1.54) is 24.0 Å². The van der Waals surface area contributed by atoms with Crippen molar-refractivity contribution in [2.75, 3.05) is 7.11 Å². The quantitative estimate of drug-likeness (QED) is 0.821. The SMILES string of the molecule is COc1ccc(C(C)C)cc1CNC1CC1. The van der Waals surface area contributed by atoms with Crippen LogP contribution in [0.4, 0.5) is 0 Å². The summed E-state index contributed by atoms with van der Waals surface area (Å²) in [5, 5.41) is 3.53. The van der Waals surface area contributed by atoms with Crippen molar-refractivity contribution >= 4 is 0 Å². The highest BCUT2D eigenvalue weighted by Crippen LogP contribution is 2.25. The highest BCUT2D eigenvalue weighted by atomic mass is 16.5. The van der Waals surface area contributed by atoms with E-state index in [4.69, 9.17) is 4.74 Å². The van der Waals surface area contributed by atoms with Crippen molar-refractivity contribution in [3.8, 4) is 5.75 Å². The van der Waals surface area contributed by atoms with Gasteiger partial charge in [-0.1, -0.05) is 26.0 Å². The van der Waals surface area contributed by atoms with E-state index in [1.54, 1.807) is 7.11 Å². The van der Waals surface area contributed by atoms with Crippen LogP contribution in [0.25, 0.3) is 0 Å². The number of methoxy groups -OCH3 is 1. The molecule has 2 rings (SSSR count). The fraction of sp³-hybridized carbons (Fsp3) is 0.571. The van der Waals surface area contributed by atoms with Gasteiger partial charge in [-0.3, -0.25) is 0 Å². The molecule has 1 fully saturated rings. The fourth-order valence-electron chi connectivity index (χ4n) is 1.84. The van der Waals surface area contributed by atoms with Crippen molar-refractivity contribution in [2.45, 2.75) is 45.2 Å². The zero-order chi connectivity index (χ0) is 11.5. The fourth-order valence-corrected chi connectivity index (χ4v) is 1.84. The Kier molecular flexibility index (Phi) is 3.49. The van der Waals surface area contributed by atoms with E-state index in [2.05, 4.69) is 37.4 Å². The number of nitrogens with one attached hydrogen (secondary N) is 1. The van der Waals surface area contributed by atoms with Gasteiger partial charge >= 0.3 is 0 Å². The van der Waals surface area contributed by atoms with Gasteiger partial charge < -0.3 is 10.1 Å². The average Bonchev–Trinajstić information content (AvgIpc) is 3.09. The Labute approximate surface area is 98.0 Å². The third kappa shape index (κ3) is 2.76. The molecule has 0 atom stereocenters. The first-order valence-corrected chi connectivity index (χ1v) is 6.11. The Morgan fingerprint density at radius 2 is 2.12 bits per heavy atom. The van der Waals surface area contributed by atoms with Crippen molar-refractivity contribution in [3.63, 3.8) is 0 Å². The molecule has 1 aliphatic carbocycles. The molecular formula is C14H21NO. The number of hydrogen-bond donors (Lipinski definition) is 1. The molecule has 0 aromatic heterocycles. The summed E-state index contributed by atoms with van der Waals surface area (Å²) < 4.78 is 5.39. The molecule has 0 unspecified atom stereocenters. The molecule has 0 bridgehead atoms. The van der Waals surface area contributed by atoms with Crippen molar-refractivity contribution in [1.82, 2.24) is 5.32 Å². The monoisotopic (exact) mass is 219 g/mol. The Hall–Kier alpha value is -1.02. The molecule has 0 spiro atoms. The standard InChI is InChI=1S/C14H21NO/c1-10(2)11-4-7-14(16-3)12(8-11)9-15-13-5-6-13/h4,7-8,10,13,15H,5-6,9H2,1-3H3. The lowest BCUT2D eigenvalue weighted by Gasteiger charge is -2.13. The first-order valence-electron chi connectivity index (χ1n) is 6.11. The zero-order valence-corrected chi connectivity index (χ0v) is 10.4. The van der Waals surface area contributed by atoms with Crippen LogP contribution in [0.1, 0.15) is 43.7 Å². The van der Waals surface area contributed by atoms with Gasteiger partial charge in [-0.25, -0.2) is 0 Å². The van der Waals surface area contributed by atoms with E-state index < -0.39 is 0 Å². The van der Waals surface area contributed by atoms with E-state index in [-0.39, 0.29) is 0 Å². The number of benzene rings is 1. The molecular weight excluding hydrogens is 198 g/mol. The molecule has 0 heterocycles. The largest absolute Gasteiger partial charge is 0.496 e. The molecule has 2 heteroatoms. The normalized spacial score (nSPS) is 15.5. The summed E-state index contributed by atoms with van der Waals surface area (Å²) in [5.74, 6) is 1.57. The van der Waals surface area contributed by atoms with Gasteiger partial charge in [0, 0.05) is 18.2 Å². The predicted octanol–water partition coefficient (Wildman–Crippen LogP) is 3.07. The molecule has 0 saturated heterocycles. The van der Waals surface area contributed by atoms with Crippen LogP contribution in [-0.4, -0.2) is 13.2 Å². The van der Waals surface area contributed by atoms with Crippen LogP contribution >= 0.6 is 0 Å². The van der Waals surface area contributed by atoms with Crippen LogP contribution < -0.4 is 10.1 Å². The minimum absolute atomic E-state index is 0.575. The maximum atomic E-state index is 5.39. The first-order chi connectivity index (χ1) is 7.70. The Bertz CT molecular complexity index is 356. The van der Waals surface area contributed by atoms with Gasteiger partial charge in [0.05, 0.1) is 7.11 Å². The summed E-state index contributed by atoms with van der Waals surface area (Å²) >= 11 is 0. The van der Waals surface area contributed by atoms with Gasteiger partial charge in [0.15, 0.2) is 0 Å². The van der Waals surface area contributed by atoms with E-state index in [0.717, 1.165) is 18.3 Å². The van der Waals surface area contributed by atoms with Crippen molar-refractivity contribution < 1.29 is 4.74 Å². The van der Waals surface area contributed by atoms with Crippen LogP contribution in [0, 0.1) is 0 Å². The Morgan fingerprint density at radius 1 is 1.38 bits per heavy atom. The van der Waals surface area contributed by atoms with Crippen LogP contribution in [-0.2, 0) is 6.54 Å². The summed E-state index contributed by atoms with van der Waals surface area (Å²) in [7, 11) is 1.74. The third-order valence-corrected chi connectivity index (χ3v) is 3.13. The third-order valence-electron chi connectivity index (χ3n) is 3.13. The molecule has 1 aromatic rings. The lowest BCUT2D eigenvalue weighted by atomic mass is 10.0. The summed E-state index contributed by atoms with van der Waals surface area (Å²) in [5.41, 5.74) is 2.66. The highest BCUT2D eigenvalue weighted by Gasteiger charge is 2.20. The predicted molar refractivity (Wildman–Crippen MR) is 66.9 cm³/mol. The van der Waals surface area contributed by atoms with Gasteiger partial charge in [0.1, 0.15) is 5.75 Å². The average molecular weight is 219 g/mol. The lowest BCUT2D eigenvalue weighted by molar-refractivity contribution is 0.407. The van der Waals surface area contributed by atoms with Crippen molar-refractivity contribution in [3.05, 3.63) is 29.3 Å². The maximum Gasteiger partial charge on any atom is 0.123 e. The summed E-state index contributed by atoms with van der Waals surface area (Å²) in [6, 6.07) is 7.25. The smallest absolute Gasteiger partial charge is 0.123 e. The molecule has 2 nitrogen and oxygen atoms in total. The Balaban J connectivity index is 2.12. The molecule has 1 aliphatic rings. The summed E-state index contributed by atoms with van der Waals surface area (Å²) in [6.07, 6.45) is 2.65. The van der Waals surface area contributed by atoms with Gasteiger partial charge in [-0.05, 0) is 30.4 Å². The summed E-state index contributed by atoms with van der Waals surface area (Å²) in [4.78, 5) is 0. The second-order valence-corrected chi connectivity index (χ2v) is 4.88.